The molecule has 0 saturated heterocycles. The van der Waals surface area contributed by atoms with Gasteiger partial charge in [-0.25, -0.2) is 0 Å². The average Bonchev–Trinajstić information content (AvgIpc) is 3.28. The summed E-state index contributed by atoms with van der Waals surface area (Å²) in [5.41, 5.74) is 2.47. The number of amides is 2. The predicted molar refractivity (Wildman–Crippen MR) is 145 cm³/mol. The van der Waals surface area contributed by atoms with Crippen molar-refractivity contribution in [2.45, 2.75) is 45.4 Å². The molecule has 2 N–H and O–H groups in total. The number of hydrogen-bond donors (Lipinski definition) is 2. The van der Waals surface area contributed by atoms with E-state index in [1.165, 1.54) is 11.8 Å². The average molecular weight is 502 g/mol. The van der Waals surface area contributed by atoms with E-state index < -0.39 is 0 Å². The summed E-state index contributed by atoms with van der Waals surface area (Å²) in [6.45, 7) is 8.70. The van der Waals surface area contributed by atoms with E-state index in [0.29, 0.717) is 23.1 Å². The molecule has 4 aromatic rings. The smallest absolute Gasteiger partial charge is 0.251 e. The van der Waals surface area contributed by atoms with Crippen LogP contribution in [0.4, 0.5) is 5.69 Å². The normalized spacial score (nSPS) is 12.0. The summed E-state index contributed by atoms with van der Waals surface area (Å²) in [5.74, 6) is 0.722. The van der Waals surface area contributed by atoms with Crippen LogP contribution >= 0.6 is 11.8 Å². The van der Waals surface area contributed by atoms with Gasteiger partial charge >= 0.3 is 0 Å². The lowest BCUT2D eigenvalue weighted by atomic mass is 10.0. The van der Waals surface area contributed by atoms with Gasteiger partial charge in [0.25, 0.3) is 5.91 Å². The van der Waals surface area contributed by atoms with E-state index in [-0.39, 0.29) is 29.5 Å². The fourth-order valence-electron chi connectivity index (χ4n) is 3.99. The molecule has 0 aliphatic heterocycles. The van der Waals surface area contributed by atoms with Crippen LogP contribution in [0.2, 0.25) is 0 Å². The highest BCUT2D eigenvalue weighted by Crippen LogP contribution is 2.26. The molecule has 1 aromatic heterocycles. The van der Waals surface area contributed by atoms with Gasteiger partial charge in [-0.2, -0.15) is 0 Å². The molecule has 0 unspecified atom stereocenters. The van der Waals surface area contributed by atoms with Crippen molar-refractivity contribution < 1.29 is 9.59 Å². The Kier molecular flexibility index (Phi) is 8.05. The number of fused-ring (bicyclic) bond motifs is 1. The van der Waals surface area contributed by atoms with E-state index >= 15 is 0 Å². The number of carbonyl (C=O) groups is 2. The number of nitrogens with zero attached hydrogens (tertiary/aromatic N) is 3. The zero-order valence-corrected chi connectivity index (χ0v) is 21.8. The Balaban J connectivity index is 1.43. The monoisotopic (exact) mass is 501 g/mol. The van der Waals surface area contributed by atoms with Crippen LogP contribution in [-0.4, -0.2) is 32.3 Å². The second-order valence-electron chi connectivity index (χ2n) is 9.04. The molecule has 0 aliphatic carbocycles. The number of nitrogens with one attached hydrogen (secondary N) is 2. The second kappa shape index (κ2) is 11.4. The molecule has 1 atom stereocenters. The van der Waals surface area contributed by atoms with Crippen molar-refractivity contribution in [1.29, 1.82) is 0 Å². The van der Waals surface area contributed by atoms with Gasteiger partial charge in [-0.1, -0.05) is 73.6 Å². The Labute approximate surface area is 215 Å². The standard InChI is InChI=1S/C28H31N5O2S/c1-5-33-26(25(18(2)3)30-27(35)21-12-10-19(4)11-13-21)31-32-28(33)36-17-24(34)29-23-15-14-20-8-6-7-9-22(20)16-23/h6-16,18,25H,5,17H2,1-4H3,(H,29,34)(H,30,35)/t25-/m1/s1. The summed E-state index contributed by atoms with van der Waals surface area (Å²) >= 11 is 1.33. The Hall–Kier alpha value is -3.65. The number of benzene rings is 3. The summed E-state index contributed by atoms with van der Waals surface area (Å²) < 4.78 is 1.97. The molecule has 0 aliphatic rings. The van der Waals surface area contributed by atoms with E-state index in [0.717, 1.165) is 22.0 Å². The molecule has 186 valence electrons. The van der Waals surface area contributed by atoms with Gasteiger partial charge in [-0.3, -0.25) is 9.59 Å². The van der Waals surface area contributed by atoms with Crippen LogP contribution in [0.3, 0.4) is 0 Å². The molecule has 0 radical (unpaired) electrons. The fourth-order valence-corrected chi connectivity index (χ4v) is 4.80. The maximum atomic E-state index is 12.9. The van der Waals surface area contributed by atoms with Gasteiger partial charge in [0.05, 0.1) is 11.8 Å². The van der Waals surface area contributed by atoms with Crippen molar-refractivity contribution >= 4 is 40.0 Å². The molecule has 0 fully saturated rings. The van der Waals surface area contributed by atoms with Gasteiger partial charge in [-0.05, 0) is 54.8 Å². The van der Waals surface area contributed by atoms with Crippen LogP contribution in [0.15, 0.2) is 71.9 Å². The molecular weight excluding hydrogens is 470 g/mol. The SMILES string of the molecule is CCn1c(SCC(=O)Nc2ccc3ccccc3c2)nnc1[C@H](NC(=O)c1ccc(C)cc1)C(C)C. The zero-order valence-electron chi connectivity index (χ0n) is 21.0. The molecule has 4 rings (SSSR count). The highest BCUT2D eigenvalue weighted by molar-refractivity contribution is 7.99. The van der Waals surface area contributed by atoms with Crippen LogP contribution in [-0.2, 0) is 11.3 Å². The van der Waals surface area contributed by atoms with Gasteiger partial charge in [0.2, 0.25) is 5.91 Å². The number of hydrogen-bond acceptors (Lipinski definition) is 5. The summed E-state index contributed by atoms with van der Waals surface area (Å²) in [6.07, 6.45) is 0. The summed E-state index contributed by atoms with van der Waals surface area (Å²) in [6, 6.07) is 21.1. The lowest BCUT2D eigenvalue weighted by Crippen LogP contribution is -2.33. The first-order valence-corrected chi connectivity index (χ1v) is 13.1. The van der Waals surface area contributed by atoms with Crippen LogP contribution in [0.5, 0.6) is 0 Å². The van der Waals surface area contributed by atoms with Gasteiger partial charge in [0.15, 0.2) is 11.0 Å². The van der Waals surface area contributed by atoms with Crippen molar-refractivity contribution in [3.05, 3.63) is 83.7 Å². The first-order valence-electron chi connectivity index (χ1n) is 12.1. The number of anilines is 1. The molecule has 36 heavy (non-hydrogen) atoms. The minimum atomic E-state index is -0.313. The third-order valence-corrected chi connectivity index (χ3v) is 6.94. The lowest BCUT2D eigenvalue weighted by molar-refractivity contribution is -0.113. The molecule has 7 nitrogen and oxygen atoms in total. The van der Waals surface area contributed by atoms with Crippen molar-refractivity contribution in [2.75, 3.05) is 11.1 Å². The molecule has 8 heteroatoms. The van der Waals surface area contributed by atoms with Crippen LogP contribution in [0, 0.1) is 12.8 Å². The molecular formula is C28H31N5O2S. The topological polar surface area (TPSA) is 88.9 Å². The van der Waals surface area contributed by atoms with Crippen molar-refractivity contribution in [3.63, 3.8) is 0 Å². The first-order chi connectivity index (χ1) is 17.4. The quantitative estimate of drug-likeness (QED) is 0.291. The summed E-state index contributed by atoms with van der Waals surface area (Å²) in [7, 11) is 0. The Bertz CT molecular complexity index is 1360. The van der Waals surface area contributed by atoms with E-state index in [1.807, 2.05) is 99.0 Å². The first kappa shape index (κ1) is 25.4. The number of aromatic nitrogens is 3. The molecule has 3 aromatic carbocycles. The maximum absolute atomic E-state index is 12.9. The van der Waals surface area contributed by atoms with Gasteiger partial charge in [-0.15, -0.1) is 10.2 Å². The van der Waals surface area contributed by atoms with Crippen molar-refractivity contribution in [2.24, 2.45) is 5.92 Å². The third kappa shape index (κ3) is 5.94. The number of thioether (sulfide) groups is 1. The van der Waals surface area contributed by atoms with Crippen LogP contribution in [0.1, 0.15) is 48.6 Å². The number of aryl methyl sites for hydroxylation is 1. The molecule has 1 heterocycles. The lowest BCUT2D eigenvalue weighted by Gasteiger charge is -2.22. The van der Waals surface area contributed by atoms with Gasteiger partial charge in [0.1, 0.15) is 0 Å². The molecule has 0 spiro atoms. The van der Waals surface area contributed by atoms with Crippen LogP contribution < -0.4 is 10.6 Å². The fraction of sp³-hybridized carbons (Fsp3) is 0.286. The minimum absolute atomic E-state index is 0.1000. The second-order valence-corrected chi connectivity index (χ2v) is 9.99. The minimum Gasteiger partial charge on any atom is -0.342 e. The number of carbonyl (C=O) groups excluding carboxylic acids is 2. The number of rotatable bonds is 9. The van der Waals surface area contributed by atoms with Gasteiger partial charge in [0, 0.05) is 17.8 Å². The van der Waals surface area contributed by atoms with E-state index in [2.05, 4.69) is 20.8 Å². The highest BCUT2D eigenvalue weighted by atomic mass is 32.2. The molecule has 0 saturated carbocycles. The Morgan fingerprint density at radius 1 is 0.972 bits per heavy atom. The Morgan fingerprint density at radius 2 is 1.69 bits per heavy atom. The zero-order chi connectivity index (χ0) is 25.7. The van der Waals surface area contributed by atoms with E-state index in [9.17, 15) is 9.59 Å². The van der Waals surface area contributed by atoms with Crippen molar-refractivity contribution in [1.82, 2.24) is 20.1 Å². The van der Waals surface area contributed by atoms with E-state index in [4.69, 9.17) is 0 Å². The highest BCUT2D eigenvalue weighted by Gasteiger charge is 2.26. The predicted octanol–water partition coefficient (Wildman–Crippen LogP) is 5.62. The summed E-state index contributed by atoms with van der Waals surface area (Å²) in [4.78, 5) is 25.5. The third-order valence-electron chi connectivity index (χ3n) is 5.97. The molecule has 0 bridgehead atoms. The van der Waals surface area contributed by atoms with Crippen LogP contribution in [0.25, 0.3) is 10.8 Å². The maximum Gasteiger partial charge on any atom is 0.251 e. The summed E-state index contributed by atoms with van der Waals surface area (Å²) in [5, 5.41) is 17.7. The molecule has 2 amide bonds. The van der Waals surface area contributed by atoms with E-state index in [1.54, 1.807) is 0 Å². The Morgan fingerprint density at radius 3 is 2.39 bits per heavy atom. The van der Waals surface area contributed by atoms with Gasteiger partial charge < -0.3 is 15.2 Å². The van der Waals surface area contributed by atoms with Crippen molar-refractivity contribution in [3.8, 4) is 0 Å². The largest absolute Gasteiger partial charge is 0.342 e.